The van der Waals surface area contributed by atoms with Crippen LogP contribution in [0.25, 0.3) is 54.9 Å². The topological polar surface area (TPSA) is 74.4 Å². The van der Waals surface area contributed by atoms with Crippen molar-refractivity contribution in [2.24, 2.45) is 0 Å². The molecule has 6 heteroatoms. The maximum Gasteiger partial charge on any atom is 0.258 e. The molecule has 154 valence electrons. The van der Waals surface area contributed by atoms with Gasteiger partial charge in [0, 0.05) is 33.6 Å². The van der Waals surface area contributed by atoms with Crippen molar-refractivity contribution in [3.8, 4) is 33.0 Å². The molecule has 0 atom stereocenters. The van der Waals surface area contributed by atoms with Gasteiger partial charge in [-0.25, -0.2) is 4.98 Å². The molecule has 5 nitrogen and oxygen atoms in total. The molecule has 0 spiro atoms. The number of hydrogen-bond donors (Lipinski definition) is 2. The smallest absolute Gasteiger partial charge is 0.258 e. The highest BCUT2D eigenvalue weighted by molar-refractivity contribution is 7.15. The van der Waals surface area contributed by atoms with Crippen LogP contribution in [0.15, 0.2) is 83.9 Å². The van der Waals surface area contributed by atoms with Crippen molar-refractivity contribution in [3.05, 3.63) is 94.4 Å². The Morgan fingerprint density at radius 2 is 1.81 bits per heavy atom. The van der Waals surface area contributed by atoms with Gasteiger partial charge in [0.15, 0.2) is 0 Å². The minimum Gasteiger partial charge on any atom is -0.361 e. The fourth-order valence-corrected chi connectivity index (χ4v) is 4.92. The fourth-order valence-electron chi connectivity index (χ4n) is 4.05. The Balaban J connectivity index is 1.64. The molecule has 5 aromatic heterocycles. The summed E-state index contributed by atoms with van der Waals surface area (Å²) in [4.78, 5) is 30.5. The van der Waals surface area contributed by atoms with Crippen molar-refractivity contribution in [1.29, 1.82) is 0 Å². The lowest BCUT2D eigenvalue weighted by molar-refractivity contribution is 1.23. The Kier molecular flexibility index (Phi) is 4.26. The van der Waals surface area contributed by atoms with Crippen LogP contribution in [0.4, 0.5) is 0 Å². The summed E-state index contributed by atoms with van der Waals surface area (Å²) in [6, 6.07) is 22.3. The third kappa shape index (κ3) is 3.13. The molecule has 0 bridgehead atoms. The number of benzene rings is 1. The zero-order chi connectivity index (χ0) is 21.7. The van der Waals surface area contributed by atoms with E-state index in [1.165, 1.54) is 4.88 Å². The minimum atomic E-state index is -0.162. The number of aryl methyl sites for hydroxylation is 1. The summed E-state index contributed by atoms with van der Waals surface area (Å²) < 4.78 is 0. The van der Waals surface area contributed by atoms with Crippen molar-refractivity contribution in [3.63, 3.8) is 0 Å². The number of thiophene rings is 1. The molecule has 0 saturated carbocycles. The second-order valence-corrected chi connectivity index (χ2v) is 9.03. The van der Waals surface area contributed by atoms with Crippen molar-refractivity contribution in [1.82, 2.24) is 19.9 Å². The molecular weight excluding hydrogens is 416 g/mol. The maximum atomic E-state index is 12.8. The van der Waals surface area contributed by atoms with Gasteiger partial charge in [-0.2, -0.15) is 0 Å². The van der Waals surface area contributed by atoms with Crippen molar-refractivity contribution in [2.45, 2.75) is 6.92 Å². The van der Waals surface area contributed by atoms with Gasteiger partial charge in [0.2, 0.25) is 0 Å². The average Bonchev–Trinajstić information content (AvgIpc) is 3.49. The number of pyridine rings is 3. The van der Waals surface area contributed by atoms with Crippen LogP contribution in [0.5, 0.6) is 0 Å². The molecule has 6 rings (SSSR count). The molecule has 0 aliphatic carbocycles. The molecule has 0 amide bonds. The van der Waals surface area contributed by atoms with E-state index in [1.54, 1.807) is 17.5 Å². The van der Waals surface area contributed by atoms with Gasteiger partial charge >= 0.3 is 0 Å². The van der Waals surface area contributed by atoms with Crippen molar-refractivity contribution < 1.29 is 0 Å². The molecule has 0 unspecified atom stereocenters. The lowest BCUT2D eigenvalue weighted by atomic mass is 9.99. The van der Waals surface area contributed by atoms with Gasteiger partial charge in [-0.1, -0.05) is 12.1 Å². The standard InChI is InChI=1S/C26H18N4OS/c1-15-6-9-23(32-15)24-19(16-7-8-21-17(12-16)4-2-10-27-21)13-18-14-20(22-5-3-11-28-22)26(31)30-25(18)29-24/h2-14,28H,1H3,(H,29,30,31). The summed E-state index contributed by atoms with van der Waals surface area (Å²) >= 11 is 1.70. The predicted octanol–water partition coefficient (Wildman–Crippen LogP) is 6.17. The first-order valence-corrected chi connectivity index (χ1v) is 11.1. The van der Waals surface area contributed by atoms with Gasteiger partial charge < -0.3 is 9.97 Å². The molecule has 32 heavy (non-hydrogen) atoms. The Hall–Kier alpha value is -4.03. The number of H-pyrrole nitrogens is 2. The van der Waals surface area contributed by atoms with Crippen LogP contribution < -0.4 is 5.56 Å². The molecule has 0 saturated heterocycles. The van der Waals surface area contributed by atoms with Crippen LogP contribution in [0.1, 0.15) is 4.88 Å². The number of aromatic nitrogens is 4. The Labute approximate surface area is 187 Å². The fraction of sp³-hybridized carbons (Fsp3) is 0.0385. The molecule has 2 N–H and O–H groups in total. The molecule has 0 aliphatic heterocycles. The van der Waals surface area contributed by atoms with E-state index in [2.05, 4.69) is 58.3 Å². The van der Waals surface area contributed by atoms with E-state index in [0.717, 1.165) is 43.7 Å². The lowest BCUT2D eigenvalue weighted by Crippen LogP contribution is -2.10. The summed E-state index contributed by atoms with van der Waals surface area (Å²) in [5, 5.41) is 1.96. The van der Waals surface area contributed by atoms with Crippen LogP contribution in [-0.2, 0) is 0 Å². The molecular formula is C26H18N4OS. The number of nitrogens with one attached hydrogen (secondary N) is 2. The van der Waals surface area contributed by atoms with Gasteiger partial charge in [0.05, 0.1) is 27.3 Å². The highest BCUT2D eigenvalue weighted by atomic mass is 32.1. The first-order valence-electron chi connectivity index (χ1n) is 10.3. The van der Waals surface area contributed by atoms with E-state index >= 15 is 0 Å². The molecule has 5 heterocycles. The second-order valence-electron chi connectivity index (χ2n) is 7.74. The van der Waals surface area contributed by atoms with E-state index in [4.69, 9.17) is 4.98 Å². The second kappa shape index (κ2) is 7.28. The zero-order valence-electron chi connectivity index (χ0n) is 17.2. The van der Waals surface area contributed by atoms with Gasteiger partial charge in [-0.15, -0.1) is 11.3 Å². The first kappa shape index (κ1) is 18.7. The quantitative estimate of drug-likeness (QED) is 0.350. The van der Waals surface area contributed by atoms with E-state index in [9.17, 15) is 4.79 Å². The monoisotopic (exact) mass is 434 g/mol. The number of fused-ring (bicyclic) bond motifs is 2. The summed E-state index contributed by atoms with van der Waals surface area (Å²) in [7, 11) is 0. The predicted molar refractivity (Wildman–Crippen MR) is 131 cm³/mol. The average molecular weight is 435 g/mol. The minimum absolute atomic E-state index is 0.162. The number of aromatic amines is 2. The van der Waals surface area contributed by atoms with Gasteiger partial charge in [-0.05, 0) is 67.1 Å². The maximum absolute atomic E-state index is 12.8. The van der Waals surface area contributed by atoms with Crippen LogP contribution in [-0.4, -0.2) is 19.9 Å². The first-order chi connectivity index (χ1) is 15.7. The summed E-state index contributed by atoms with van der Waals surface area (Å²) in [5.41, 5.74) is 5.70. The van der Waals surface area contributed by atoms with E-state index in [0.29, 0.717) is 11.2 Å². The third-order valence-corrected chi connectivity index (χ3v) is 6.61. The molecule has 0 radical (unpaired) electrons. The van der Waals surface area contributed by atoms with Crippen molar-refractivity contribution >= 4 is 33.3 Å². The Morgan fingerprint density at radius 3 is 2.62 bits per heavy atom. The Bertz CT molecular complexity index is 1660. The molecule has 6 aromatic rings. The SMILES string of the molecule is Cc1ccc(-c2nc3[nH]c(=O)c(-c4ccc[nH]4)cc3cc2-c2ccc3ncccc3c2)s1. The summed E-state index contributed by atoms with van der Waals surface area (Å²) in [6.07, 6.45) is 3.62. The van der Waals surface area contributed by atoms with Crippen molar-refractivity contribution in [2.75, 3.05) is 0 Å². The van der Waals surface area contributed by atoms with Gasteiger partial charge in [-0.3, -0.25) is 9.78 Å². The molecule has 1 aromatic carbocycles. The number of hydrogen-bond acceptors (Lipinski definition) is 4. The van der Waals surface area contributed by atoms with Crippen LogP contribution in [0, 0.1) is 6.92 Å². The van der Waals surface area contributed by atoms with Gasteiger partial charge in [0.1, 0.15) is 5.65 Å². The Morgan fingerprint density at radius 1 is 0.906 bits per heavy atom. The summed E-state index contributed by atoms with van der Waals surface area (Å²) in [6.45, 7) is 2.08. The molecule has 0 aliphatic rings. The van der Waals surface area contributed by atoms with Gasteiger partial charge in [0.25, 0.3) is 5.56 Å². The zero-order valence-corrected chi connectivity index (χ0v) is 18.0. The van der Waals surface area contributed by atoms with Crippen LogP contribution >= 0.6 is 11.3 Å². The third-order valence-electron chi connectivity index (χ3n) is 5.60. The van der Waals surface area contributed by atoms with E-state index in [1.807, 2.05) is 36.5 Å². The number of nitrogens with zero attached hydrogens (tertiary/aromatic N) is 2. The highest BCUT2D eigenvalue weighted by Gasteiger charge is 2.16. The van der Waals surface area contributed by atoms with Crippen LogP contribution in [0.2, 0.25) is 0 Å². The largest absolute Gasteiger partial charge is 0.361 e. The normalized spacial score (nSPS) is 11.4. The van der Waals surface area contributed by atoms with Crippen LogP contribution in [0.3, 0.4) is 0 Å². The number of rotatable bonds is 3. The lowest BCUT2D eigenvalue weighted by Gasteiger charge is -2.11. The highest BCUT2D eigenvalue weighted by Crippen LogP contribution is 2.37. The molecule has 0 fully saturated rings. The summed E-state index contributed by atoms with van der Waals surface area (Å²) in [5.74, 6) is 0. The van der Waals surface area contributed by atoms with E-state index in [-0.39, 0.29) is 5.56 Å². The van der Waals surface area contributed by atoms with E-state index < -0.39 is 0 Å².